The van der Waals surface area contributed by atoms with Gasteiger partial charge >= 0.3 is 5.97 Å². The van der Waals surface area contributed by atoms with Gasteiger partial charge in [0.25, 0.3) is 5.91 Å². The molecule has 0 fully saturated rings. The van der Waals surface area contributed by atoms with Crippen molar-refractivity contribution >= 4 is 23.5 Å². The van der Waals surface area contributed by atoms with Gasteiger partial charge in [0.05, 0.1) is 0 Å². The number of aryl methyl sites for hydroxylation is 2. The monoisotopic (exact) mass is 355 g/mol. The van der Waals surface area contributed by atoms with Gasteiger partial charge in [-0.15, -0.1) is 0 Å². The molecule has 1 aromatic heterocycles. The van der Waals surface area contributed by atoms with Crippen LogP contribution in [0, 0.1) is 6.92 Å². The highest BCUT2D eigenvalue weighted by molar-refractivity contribution is 6.03. The summed E-state index contributed by atoms with van der Waals surface area (Å²) < 4.78 is 5.53. The molecule has 2 atom stereocenters. The van der Waals surface area contributed by atoms with Crippen LogP contribution in [0.3, 0.4) is 0 Å². The average Bonchev–Trinajstić information content (AvgIpc) is 2.60. The van der Waals surface area contributed by atoms with E-state index in [1.807, 2.05) is 31.2 Å². The second-order valence-corrected chi connectivity index (χ2v) is 6.40. The van der Waals surface area contributed by atoms with Crippen molar-refractivity contribution < 1.29 is 19.4 Å². The summed E-state index contributed by atoms with van der Waals surface area (Å²) in [5, 5.41) is 9.75. The second-order valence-electron chi connectivity index (χ2n) is 6.40. The number of aromatic nitrogens is 1. The number of hydrogen-bond acceptors (Lipinski definition) is 5. The molecular formula is C19H21N3O4. The summed E-state index contributed by atoms with van der Waals surface area (Å²) in [5.74, 6) is -0.818. The first-order valence-corrected chi connectivity index (χ1v) is 8.41. The number of carbonyl (C=O) groups excluding carboxylic acids is 1. The highest BCUT2D eigenvalue weighted by Gasteiger charge is 2.40. The van der Waals surface area contributed by atoms with E-state index in [4.69, 9.17) is 10.5 Å². The van der Waals surface area contributed by atoms with E-state index in [9.17, 15) is 14.7 Å². The lowest BCUT2D eigenvalue weighted by Gasteiger charge is -2.35. The first-order valence-electron chi connectivity index (χ1n) is 8.41. The second kappa shape index (κ2) is 7.03. The minimum atomic E-state index is -1.09. The van der Waals surface area contributed by atoms with E-state index in [-0.39, 0.29) is 18.1 Å². The highest BCUT2D eigenvalue weighted by atomic mass is 16.5. The zero-order valence-electron chi connectivity index (χ0n) is 14.7. The Morgan fingerprint density at radius 3 is 2.65 bits per heavy atom. The quantitative estimate of drug-likeness (QED) is 0.851. The third kappa shape index (κ3) is 3.46. The van der Waals surface area contributed by atoms with E-state index in [1.165, 1.54) is 4.90 Å². The molecule has 7 nitrogen and oxygen atoms in total. The molecule has 26 heavy (non-hydrogen) atoms. The molecule has 1 aromatic carbocycles. The topological polar surface area (TPSA) is 106 Å². The fourth-order valence-corrected chi connectivity index (χ4v) is 2.98. The van der Waals surface area contributed by atoms with E-state index in [0.717, 1.165) is 11.1 Å². The third-order valence-corrected chi connectivity index (χ3v) is 4.40. The standard InChI is InChI=1S/C19H21N3O4/c1-11-3-5-13(6-4-11)7-8-14(19(24)25)22-17-15(9-10-16(20)21-17)26-12(2)18(22)23/h3-6,9-10,12,14H,7-8H2,1-2H3,(H2,20,21)(H,24,25). The number of fused-ring (bicyclic) bond motifs is 1. The number of nitrogens with zero attached hydrogens (tertiary/aromatic N) is 2. The van der Waals surface area contributed by atoms with Crippen molar-refractivity contribution in [3.63, 3.8) is 0 Å². The third-order valence-electron chi connectivity index (χ3n) is 4.40. The Kier molecular flexibility index (Phi) is 4.79. The summed E-state index contributed by atoms with van der Waals surface area (Å²) in [7, 11) is 0. The van der Waals surface area contributed by atoms with Crippen LogP contribution in [0.5, 0.6) is 5.75 Å². The van der Waals surface area contributed by atoms with E-state index in [1.54, 1.807) is 19.1 Å². The Hall–Kier alpha value is -3.09. The lowest BCUT2D eigenvalue weighted by Crippen LogP contribution is -2.53. The van der Waals surface area contributed by atoms with E-state index < -0.39 is 24.0 Å². The van der Waals surface area contributed by atoms with E-state index >= 15 is 0 Å². The number of carboxylic acid groups (broad SMARTS) is 1. The molecule has 3 N–H and O–H groups in total. The lowest BCUT2D eigenvalue weighted by molar-refractivity contribution is -0.141. The van der Waals surface area contributed by atoms with Gasteiger partial charge in [-0.05, 0) is 44.4 Å². The van der Waals surface area contributed by atoms with Gasteiger partial charge in [-0.1, -0.05) is 29.8 Å². The zero-order chi connectivity index (χ0) is 18.8. The predicted octanol–water partition coefficient (Wildman–Crippen LogP) is 2.17. The molecule has 7 heteroatoms. The van der Waals surface area contributed by atoms with E-state index in [2.05, 4.69) is 4.98 Å². The van der Waals surface area contributed by atoms with Gasteiger partial charge in [0.1, 0.15) is 11.9 Å². The normalized spacial score (nSPS) is 17.4. The number of amides is 1. The molecule has 0 radical (unpaired) electrons. The van der Waals surface area contributed by atoms with Crippen LogP contribution in [-0.2, 0) is 16.0 Å². The maximum Gasteiger partial charge on any atom is 0.326 e. The van der Waals surface area contributed by atoms with Gasteiger partial charge in [-0.3, -0.25) is 9.69 Å². The van der Waals surface area contributed by atoms with Crippen LogP contribution < -0.4 is 15.4 Å². The van der Waals surface area contributed by atoms with Gasteiger partial charge in [0, 0.05) is 0 Å². The molecule has 0 bridgehead atoms. The van der Waals surface area contributed by atoms with Crippen LogP contribution in [0.25, 0.3) is 0 Å². The number of aliphatic carboxylic acids is 1. The van der Waals surface area contributed by atoms with Crippen molar-refractivity contribution in [2.75, 3.05) is 10.6 Å². The Morgan fingerprint density at radius 1 is 1.31 bits per heavy atom. The van der Waals surface area contributed by atoms with Gasteiger partial charge in [-0.2, -0.15) is 0 Å². The Morgan fingerprint density at radius 2 is 2.00 bits per heavy atom. The molecule has 1 amide bonds. The van der Waals surface area contributed by atoms with Crippen molar-refractivity contribution in [1.82, 2.24) is 4.98 Å². The minimum absolute atomic E-state index is 0.157. The smallest absolute Gasteiger partial charge is 0.326 e. The molecule has 0 saturated heterocycles. The summed E-state index contributed by atoms with van der Waals surface area (Å²) >= 11 is 0. The fraction of sp³-hybridized carbons (Fsp3) is 0.316. The number of nitrogens with two attached hydrogens (primary N) is 1. The highest BCUT2D eigenvalue weighted by Crippen LogP contribution is 2.35. The van der Waals surface area contributed by atoms with Crippen LogP contribution in [-0.4, -0.2) is 34.1 Å². The summed E-state index contributed by atoms with van der Waals surface area (Å²) in [5.41, 5.74) is 7.87. The molecule has 2 aromatic rings. The summed E-state index contributed by atoms with van der Waals surface area (Å²) in [6, 6.07) is 9.98. The SMILES string of the molecule is Cc1ccc(CCC(C(=O)O)N2C(=O)C(C)Oc3ccc(N)nc32)cc1. The van der Waals surface area contributed by atoms with Crippen LogP contribution in [0.15, 0.2) is 36.4 Å². The first kappa shape index (κ1) is 17.7. The van der Waals surface area contributed by atoms with Crippen molar-refractivity contribution in [2.24, 2.45) is 0 Å². The van der Waals surface area contributed by atoms with Gasteiger partial charge in [-0.25, -0.2) is 9.78 Å². The van der Waals surface area contributed by atoms with Gasteiger partial charge < -0.3 is 15.6 Å². The van der Waals surface area contributed by atoms with Gasteiger partial charge in [0.2, 0.25) is 0 Å². The number of carboxylic acids is 1. The molecule has 1 aliphatic rings. The summed E-state index contributed by atoms with van der Waals surface area (Å²) in [4.78, 5) is 29.9. The molecule has 136 valence electrons. The minimum Gasteiger partial charge on any atom is -0.480 e. The Balaban J connectivity index is 1.91. The van der Waals surface area contributed by atoms with Crippen LogP contribution in [0.2, 0.25) is 0 Å². The number of nitrogen functional groups attached to an aromatic ring is 1. The number of carbonyl (C=O) groups is 2. The molecule has 2 unspecified atom stereocenters. The number of ether oxygens (including phenoxy) is 1. The molecule has 1 aliphatic heterocycles. The van der Waals surface area contributed by atoms with Crippen molar-refractivity contribution in [3.05, 3.63) is 47.5 Å². The largest absolute Gasteiger partial charge is 0.480 e. The number of benzene rings is 1. The predicted molar refractivity (Wildman–Crippen MR) is 97.1 cm³/mol. The number of anilines is 2. The van der Waals surface area contributed by atoms with Crippen molar-refractivity contribution in [3.8, 4) is 5.75 Å². The molecule has 0 aliphatic carbocycles. The average molecular weight is 355 g/mol. The fourth-order valence-electron chi connectivity index (χ4n) is 2.98. The van der Waals surface area contributed by atoms with Gasteiger partial charge in [0.15, 0.2) is 17.7 Å². The summed E-state index contributed by atoms with van der Waals surface area (Å²) in [6.45, 7) is 3.58. The molecule has 2 heterocycles. The molecule has 0 spiro atoms. The Bertz CT molecular complexity index is 835. The number of rotatable bonds is 5. The Labute approximate surface area is 151 Å². The summed E-state index contributed by atoms with van der Waals surface area (Å²) in [6.07, 6.45) is -0.00474. The van der Waals surface area contributed by atoms with Crippen LogP contribution in [0.1, 0.15) is 24.5 Å². The van der Waals surface area contributed by atoms with Crippen molar-refractivity contribution in [2.45, 2.75) is 38.8 Å². The maximum atomic E-state index is 12.7. The van der Waals surface area contributed by atoms with E-state index in [0.29, 0.717) is 12.2 Å². The van der Waals surface area contributed by atoms with Crippen molar-refractivity contribution in [1.29, 1.82) is 0 Å². The molecular weight excluding hydrogens is 334 g/mol. The molecule has 0 saturated carbocycles. The number of hydrogen-bond donors (Lipinski definition) is 2. The first-order chi connectivity index (χ1) is 12.4. The van der Waals surface area contributed by atoms with Crippen LogP contribution >= 0.6 is 0 Å². The zero-order valence-corrected chi connectivity index (χ0v) is 14.7. The lowest BCUT2D eigenvalue weighted by atomic mass is 10.0. The van der Waals surface area contributed by atoms with Crippen LogP contribution in [0.4, 0.5) is 11.6 Å². The maximum absolute atomic E-state index is 12.7. The number of pyridine rings is 1. The molecule has 3 rings (SSSR count).